The molecular weight excluding hydrogens is 384 g/mol. The number of aliphatic imine (C=N–C) groups is 1. The summed E-state index contributed by atoms with van der Waals surface area (Å²) in [5.74, 6) is 1.25. The molecule has 0 saturated carbocycles. The molecule has 0 bridgehead atoms. The first-order valence-corrected chi connectivity index (χ1v) is 11.8. The predicted molar refractivity (Wildman–Crippen MR) is 120 cm³/mol. The second kappa shape index (κ2) is 10.4. The molecule has 0 aromatic carbocycles. The number of nitrogens with zero attached hydrogens (tertiary/aromatic N) is 5. The van der Waals surface area contributed by atoms with E-state index in [4.69, 9.17) is 4.98 Å². The van der Waals surface area contributed by atoms with E-state index in [0.29, 0.717) is 5.91 Å². The molecular formula is C21H36N6OS. The molecule has 7 nitrogen and oxygen atoms in total. The Labute approximate surface area is 179 Å². The first kappa shape index (κ1) is 22.0. The normalized spacial score (nSPS) is 19.7. The van der Waals surface area contributed by atoms with Crippen LogP contribution in [0.2, 0.25) is 0 Å². The van der Waals surface area contributed by atoms with Gasteiger partial charge in [0.05, 0.1) is 16.7 Å². The summed E-state index contributed by atoms with van der Waals surface area (Å²) in [6.07, 6.45) is 4.22. The fourth-order valence-electron chi connectivity index (χ4n) is 4.22. The van der Waals surface area contributed by atoms with Gasteiger partial charge < -0.3 is 15.1 Å². The number of carbonyl (C=O) groups is 1. The third-order valence-electron chi connectivity index (χ3n) is 6.04. The zero-order valence-electron chi connectivity index (χ0n) is 18.4. The molecule has 0 radical (unpaired) electrons. The van der Waals surface area contributed by atoms with Crippen molar-refractivity contribution in [1.82, 2.24) is 25.0 Å². The van der Waals surface area contributed by atoms with Crippen LogP contribution in [0.25, 0.3) is 0 Å². The average molecular weight is 421 g/mol. The van der Waals surface area contributed by atoms with Gasteiger partial charge in [-0.3, -0.25) is 14.7 Å². The highest BCUT2D eigenvalue weighted by molar-refractivity contribution is 7.11. The van der Waals surface area contributed by atoms with Gasteiger partial charge in [0.25, 0.3) is 0 Å². The maximum atomic E-state index is 12.7. The van der Waals surface area contributed by atoms with Crippen molar-refractivity contribution >= 4 is 23.2 Å². The summed E-state index contributed by atoms with van der Waals surface area (Å²) in [4.78, 5) is 29.8. The second-order valence-corrected chi connectivity index (χ2v) is 9.21. The summed E-state index contributed by atoms with van der Waals surface area (Å²) in [6.45, 7) is 12.7. The molecule has 1 atom stereocenters. The molecule has 1 aromatic rings. The van der Waals surface area contributed by atoms with Crippen LogP contribution in [-0.2, 0) is 17.6 Å². The van der Waals surface area contributed by atoms with Crippen LogP contribution in [0.15, 0.2) is 4.99 Å². The van der Waals surface area contributed by atoms with Crippen molar-refractivity contribution in [2.75, 3.05) is 52.9 Å². The largest absolute Gasteiger partial charge is 0.356 e. The fraction of sp³-hybridized carbons (Fsp3) is 0.762. The van der Waals surface area contributed by atoms with Crippen LogP contribution in [-0.4, -0.2) is 90.5 Å². The second-order valence-electron chi connectivity index (χ2n) is 7.92. The average Bonchev–Trinajstić information content (AvgIpc) is 3.40. The van der Waals surface area contributed by atoms with E-state index >= 15 is 0 Å². The first-order valence-electron chi connectivity index (χ1n) is 11.0. The van der Waals surface area contributed by atoms with E-state index in [-0.39, 0.29) is 6.04 Å². The minimum absolute atomic E-state index is 0.0221. The Bertz CT molecular complexity index is 704. The number of rotatable bonds is 6. The number of guanidine groups is 1. The van der Waals surface area contributed by atoms with Gasteiger partial charge in [-0.15, -0.1) is 11.3 Å². The van der Waals surface area contributed by atoms with Crippen LogP contribution in [0.4, 0.5) is 0 Å². The van der Waals surface area contributed by atoms with Gasteiger partial charge >= 0.3 is 0 Å². The molecule has 0 spiro atoms. The van der Waals surface area contributed by atoms with E-state index in [1.165, 1.54) is 15.6 Å². The molecule has 2 saturated heterocycles. The zero-order chi connectivity index (χ0) is 20.8. The van der Waals surface area contributed by atoms with Crippen LogP contribution < -0.4 is 5.32 Å². The molecule has 3 rings (SSSR count). The SMILES string of the molecule is CCc1nc(CCNC(=NC)N2CCN(C(C)C(=O)N3CCCC3)CC2)sc1C. The minimum atomic E-state index is -0.0221. The van der Waals surface area contributed by atoms with Gasteiger partial charge in [0, 0.05) is 64.2 Å². The van der Waals surface area contributed by atoms with E-state index in [1.54, 1.807) is 11.3 Å². The van der Waals surface area contributed by atoms with Crippen LogP contribution >= 0.6 is 11.3 Å². The molecule has 1 aromatic heterocycles. The Hall–Kier alpha value is -1.67. The lowest BCUT2D eigenvalue weighted by Crippen LogP contribution is -2.57. The highest BCUT2D eigenvalue weighted by Crippen LogP contribution is 2.18. The summed E-state index contributed by atoms with van der Waals surface area (Å²) < 4.78 is 0. The van der Waals surface area contributed by atoms with Crippen molar-refractivity contribution in [2.24, 2.45) is 4.99 Å². The van der Waals surface area contributed by atoms with Gasteiger partial charge in [-0.2, -0.15) is 0 Å². The molecule has 2 aliphatic heterocycles. The summed E-state index contributed by atoms with van der Waals surface area (Å²) >= 11 is 1.80. The number of likely N-dealkylation sites (tertiary alicyclic amines) is 1. The monoisotopic (exact) mass is 420 g/mol. The van der Waals surface area contributed by atoms with Gasteiger partial charge in [0.2, 0.25) is 5.91 Å². The van der Waals surface area contributed by atoms with Gasteiger partial charge in [0.1, 0.15) is 0 Å². The summed E-state index contributed by atoms with van der Waals surface area (Å²) in [7, 11) is 1.84. The molecule has 0 aliphatic carbocycles. The van der Waals surface area contributed by atoms with Gasteiger partial charge in [-0.1, -0.05) is 6.92 Å². The molecule has 8 heteroatoms. The number of amides is 1. The lowest BCUT2D eigenvalue weighted by molar-refractivity contribution is -0.135. The van der Waals surface area contributed by atoms with Crippen molar-refractivity contribution in [3.05, 3.63) is 15.6 Å². The molecule has 29 heavy (non-hydrogen) atoms. The van der Waals surface area contributed by atoms with Gasteiger partial charge in [-0.25, -0.2) is 4.98 Å². The van der Waals surface area contributed by atoms with Crippen molar-refractivity contribution < 1.29 is 4.79 Å². The van der Waals surface area contributed by atoms with Crippen LogP contribution in [0, 0.1) is 6.92 Å². The quantitative estimate of drug-likeness (QED) is 0.561. The highest BCUT2D eigenvalue weighted by atomic mass is 32.1. The number of aryl methyl sites for hydroxylation is 2. The zero-order valence-corrected chi connectivity index (χ0v) is 19.2. The summed E-state index contributed by atoms with van der Waals surface area (Å²) in [5, 5.41) is 4.69. The third kappa shape index (κ3) is 5.48. The first-order chi connectivity index (χ1) is 14.0. The van der Waals surface area contributed by atoms with Crippen LogP contribution in [0.5, 0.6) is 0 Å². The Morgan fingerprint density at radius 2 is 1.86 bits per heavy atom. The van der Waals surface area contributed by atoms with E-state index in [1.807, 2.05) is 11.9 Å². The third-order valence-corrected chi connectivity index (χ3v) is 7.12. The molecule has 2 aliphatic rings. The molecule has 1 amide bonds. The van der Waals surface area contributed by atoms with Crippen molar-refractivity contribution in [3.8, 4) is 0 Å². The number of carbonyl (C=O) groups excluding carboxylic acids is 1. The van der Waals surface area contributed by atoms with E-state index in [0.717, 1.165) is 77.5 Å². The van der Waals surface area contributed by atoms with Crippen LogP contribution in [0.1, 0.15) is 42.3 Å². The maximum absolute atomic E-state index is 12.7. The highest BCUT2D eigenvalue weighted by Gasteiger charge is 2.30. The van der Waals surface area contributed by atoms with Crippen molar-refractivity contribution in [1.29, 1.82) is 0 Å². The molecule has 2 fully saturated rings. The Balaban J connectivity index is 1.44. The van der Waals surface area contributed by atoms with Gasteiger partial charge in [-0.05, 0) is 33.1 Å². The fourth-order valence-corrected chi connectivity index (χ4v) is 5.24. The minimum Gasteiger partial charge on any atom is -0.356 e. The molecule has 1 unspecified atom stereocenters. The Morgan fingerprint density at radius 3 is 2.45 bits per heavy atom. The number of thiazole rings is 1. The number of piperazine rings is 1. The van der Waals surface area contributed by atoms with Crippen molar-refractivity contribution in [3.63, 3.8) is 0 Å². The predicted octanol–water partition coefficient (Wildman–Crippen LogP) is 1.76. The summed E-state index contributed by atoms with van der Waals surface area (Å²) in [5.41, 5.74) is 1.23. The Kier molecular flexibility index (Phi) is 7.89. The number of nitrogens with one attached hydrogen (secondary N) is 1. The number of hydrogen-bond donors (Lipinski definition) is 1. The van der Waals surface area contributed by atoms with Crippen LogP contribution in [0.3, 0.4) is 0 Å². The van der Waals surface area contributed by atoms with E-state index in [9.17, 15) is 4.79 Å². The number of hydrogen-bond acceptors (Lipinski definition) is 5. The standard InChI is InChI=1S/C21H36N6OS/c1-5-18-17(3)29-19(24-18)8-9-23-21(22-4)27-14-12-25(13-15-27)16(2)20(28)26-10-6-7-11-26/h16H,5-15H2,1-4H3,(H,22,23). The number of aromatic nitrogens is 1. The maximum Gasteiger partial charge on any atom is 0.239 e. The Morgan fingerprint density at radius 1 is 1.17 bits per heavy atom. The van der Waals surface area contributed by atoms with E-state index < -0.39 is 0 Å². The lowest BCUT2D eigenvalue weighted by Gasteiger charge is -2.39. The lowest BCUT2D eigenvalue weighted by atomic mass is 10.2. The van der Waals surface area contributed by atoms with Crippen molar-refractivity contribution in [2.45, 2.75) is 52.5 Å². The molecule has 162 valence electrons. The summed E-state index contributed by atoms with van der Waals surface area (Å²) in [6, 6.07) is -0.0221. The molecule has 1 N–H and O–H groups in total. The van der Waals surface area contributed by atoms with Gasteiger partial charge in [0.15, 0.2) is 5.96 Å². The molecule has 3 heterocycles. The smallest absolute Gasteiger partial charge is 0.239 e. The van der Waals surface area contributed by atoms with E-state index in [2.05, 4.69) is 40.9 Å². The topological polar surface area (TPSA) is 64.1 Å².